The van der Waals surface area contributed by atoms with Crippen molar-refractivity contribution < 1.29 is 14.3 Å². The Morgan fingerprint density at radius 2 is 1.92 bits per heavy atom. The fraction of sp³-hybridized carbons (Fsp3) is 0.579. The second kappa shape index (κ2) is 6.46. The highest BCUT2D eigenvalue weighted by Gasteiger charge is 2.30. The minimum atomic E-state index is -0.338. The molecule has 24 heavy (non-hydrogen) atoms. The zero-order valence-corrected chi connectivity index (χ0v) is 15.5. The van der Waals surface area contributed by atoms with Crippen LogP contribution in [0, 0.1) is 12.3 Å². The maximum Gasteiger partial charge on any atom is 0.331 e. The van der Waals surface area contributed by atoms with Crippen LogP contribution in [0.1, 0.15) is 46.6 Å². The Bertz CT molecular complexity index is 645. The van der Waals surface area contributed by atoms with Crippen molar-refractivity contribution in [2.75, 3.05) is 18.0 Å². The van der Waals surface area contributed by atoms with Gasteiger partial charge in [-0.15, -0.1) is 0 Å². The molecule has 132 valence electrons. The summed E-state index contributed by atoms with van der Waals surface area (Å²) in [6.45, 7) is 12.7. The Morgan fingerprint density at radius 1 is 1.25 bits per heavy atom. The molecule has 1 aromatic rings. The van der Waals surface area contributed by atoms with Gasteiger partial charge >= 0.3 is 5.97 Å². The van der Waals surface area contributed by atoms with Crippen molar-refractivity contribution in [2.45, 2.75) is 53.5 Å². The molecule has 0 saturated heterocycles. The van der Waals surface area contributed by atoms with Crippen molar-refractivity contribution >= 4 is 17.6 Å². The van der Waals surface area contributed by atoms with Crippen LogP contribution in [-0.2, 0) is 9.59 Å². The van der Waals surface area contributed by atoms with E-state index in [-0.39, 0.29) is 35.9 Å². The van der Waals surface area contributed by atoms with Gasteiger partial charge in [0, 0.05) is 5.54 Å². The van der Waals surface area contributed by atoms with Crippen LogP contribution in [0.25, 0.3) is 0 Å². The summed E-state index contributed by atoms with van der Waals surface area (Å²) in [4.78, 5) is 26.1. The molecule has 1 amide bonds. The van der Waals surface area contributed by atoms with Crippen molar-refractivity contribution in [3.05, 3.63) is 23.8 Å². The number of ether oxygens (including phenoxy) is 1. The second-order valence-electron chi connectivity index (χ2n) is 8.47. The van der Waals surface area contributed by atoms with Gasteiger partial charge in [0.15, 0.2) is 5.75 Å². The van der Waals surface area contributed by atoms with Gasteiger partial charge in [-0.2, -0.15) is 0 Å². The van der Waals surface area contributed by atoms with Gasteiger partial charge in [-0.3, -0.25) is 4.79 Å². The molecule has 0 fully saturated rings. The van der Waals surface area contributed by atoms with E-state index in [1.807, 2.05) is 39.0 Å². The van der Waals surface area contributed by atoms with E-state index in [1.54, 1.807) is 4.90 Å². The topological polar surface area (TPSA) is 58.6 Å². The predicted molar refractivity (Wildman–Crippen MR) is 95.3 cm³/mol. The summed E-state index contributed by atoms with van der Waals surface area (Å²) < 4.78 is 5.28. The summed E-state index contributed by atoms with van der Waals surface area (Å²) in [5.41, 5.74) is 1.61. The van der Waals surface area contributed by atoms with Gasteiger partial charge in [0.1, 0.15) is 6.54 Å². The Balaban J connectivity index is 2.08. The first-order chi connectivity index (χ1) is 11.0. The summed E-state index contributed by atoms with van der Waals surface area (Å²) in [5.74, 6) is 0.0910. The average Bonchev–Trinajstić information content (AvgIpc) is 2.33. The summed E-state index contributed by atoms with van der Waals surface area (Å²) in [7, 11) is 0. The van der Waals surface area contributed by atoms with Crippen molar-refractivity contribution in [1.29, 1.82) is 0 Å². The molecule has 1 aliphatic rings. The van der Waals surface area contributed by atoms with Crippen molar-refractivity contribution in [1.82, 2.24) is 5.32 Å². The number of fused-ring (bicyclic) bond motifs is 1. The van der Waals surface area contributed by atoms with E-state index in [1.165, 1.54) is 0 Å². The molecule has 5 heteroatoms. The van der Waals surface area contributed by atoms with Gasteiger partial charge in [-0.25, -0.2) is 4.79 Å². The highest BCUT2D eigenvalue weighted by Crippen LogP contribution is 2.32. The van der Waals surface area contributed by atoms with Crippen LogP contribution in [0.4, 0.5) is 5.69 Å². The van der Waals surface area contributed by atoms with Crippen LogP contribution in [0.3, 0.4) is 0 Å². The first-order valence-electron chi connectivity index (χ1n) is 8.32. The Hall–Kier alpha value is -2.04. The maximum atomic E-state index is 12.5. The number of amides is 1. The zero-order chi connectivity index (χ0) is 18.1. The molecule has 0 saturated carbocycles. The third kappa shape index (κ3) is 4.98. The number of hydrogen-bond donors (Lipinski definition) is 1. The van der Waals surface area contributed by atoms with Gasteiger partial charge in [0.2, 0.25) is 5.91 Å². The Morgan fingerprint density at radius 3 is 2.54 bits per heavy atom. The van der Waals surface area contributed by atoms with Crippen molar-refractivity contribution in [3.63, 3.8) is 0 Å². The number of hydrogen-bond acceptors (Lipinski definition) is 4. The molecule has 0 aliphatic carbocycles. The number of rotatable bonds is 4. The average molecular weight is 332 g/mol. The fourth-order valence-electron chi connectivity index (χ4n) is 3.46. The van der Waals surface area contributed by atoms with Crippen LogP contribution in [0.5, 0.6) is 5.75 Å². The molecule has 0 unspecified atom stereocenters. The van der Waals surface area contributed by atoms with Crippen molar-refractivity contribution in [3.8, 4) is 5.75 Å². The highest BCUT2D eigenvalue weighted by molar-refractivity contribution is 5.89. The number of nitrogens with one attached hydrogen (secondary N) is 1. The summed E-state index contributed by atoms with van der Waals surface area (Å²) >= 11 is 0. The molecule has 1 heterocycles. The van der Waals surface area contributed by atoms with E-state index in [9.17, 15) is 9.59 Å². The SMILES string of the molecule is Cc1ccc2c(c1)OC(=O)CN2CC(=O)NC(C)(C)CC(C)(C)C. The number of aryl methyl sites for hydroxylation is 1. The first-order valence-corrected chi connectivity index (χ1v) is 8.32. The quantitative estimate of drug-likeness (QED) is 0.680. The molecule has 0 bridgehead atoms. The normalized spacial score (nSPS) is 14.9. The summed E-state index contributed by atoms with van der Waals surface area (Å²) in [6, 6.07) is 5.66. The van der Waals surface area contributed by atoms with Crippen LogP contribution in [0.2, 0.25) is 0 Å². The van der Waals surface area contributed by atoms with E-state index >= 15 is 0 Å². The number of anilines is 1. The van der Waals surface area contributed by atoms with Crippen LogP contribution < -0.4 is 15.0 Å². The van der Waals surface area contributed by atoms with Crippen LogP contribution in [-0.4, -0.2) is 30.5 Å². The number of carbonyl (C=O) groups excluding carboxylic acids is 2. The number of carbonyl (C=O) groups is 2. The summed E-state index contributed by atoms with van der Waals surface area (Å²) in [5, 5.41) is 3.08. The summed E-state index contributed by atoms with van der Waals surface area (Å²) in [6.07, 6.45) is 0.865. The lowest BCUT2D eigenvalue weighted by molar-refractivity contribution is -0.133. The second-order valence-corrected chi connectivity index (χ2v) is 8.47. The fourth-order valence-corrected chi connectivity index (χ4v) is 3.46. The monoisotopic (exact) mass is 332 g/mol. The van der Waals surface area contributed by atoms with E-state index in [4.69, 9.17) is 4.74 Å². The van der Waals surface area contributed by atoms with Crippen LogP contribution in [0.15, 0.2) is 18.2 Å². The molecule has 1 aliphatic heterocycles. The van der Waals surface area contributed by atoms with Gasteiger partial charge < -0.3 is 15.0 Å². The molecular formula is C19H28N2O3. The van der Waals surface area contributed by atoms with Gasteiger partial charge in [-0.1, -0.05) is 26.8 Å². The maximum absolute atomic E-state index is 12.5. The smallest absolute Gasteiger partial charge is 0.331 e. The minimum absolute atomic E-state index is 0.0865. The predicted octanol–water partition coefficient (Wildman–Crippen LogP) is 3.05. The number of nitrogens with zero attached hydrogens (tertiary/aromatic N) is 1. The molecule has 2 rings (SSSR count). The van der Waals surface area contributed by atoms with Crippen molar-refractivity contribution in [2.24, 2.45) is 5.41 Å². The van der Waals surface area contributed by atoms with E-state index in [0.29, 0.717) is 5.75 Å². The molecule has 0 atom stereocenters. The molecule has 1 aromatic carbocycles. The lowest BCUT2D eigenvalue weighted by Gasteiger charge is -2.35. The molecular weight excluding hydrogens is 304 g/mol. The van der Waals surface area contributed by atoms with E-state index < -0.39 is 0 Å². The standard InChI is InChI=1S/C19H28N2O3/c1-13-7-8-14-15(9-13)24-17(23)11-21(14)10-16(22)20-19(5,6)12-18(2,3)4/h7-9H,10-12H2,1-6H3,(H,20,22). The van der Waals surface area contributed by atoms with Gasteiger partial charge in [-0.05, 0) is 50.3 Å². The van der Waals surface area contributed by atoms with Crippen LogP contribution >= 0.6 is 0 Å². The third-order valence-electron chi connectivity index (χ3n) is 3.78. The largest absolute Gasteiger partial charge is 0.423 e. The Kier molecular flexibility index (Phi) is 4.92. The first kappa shape index (κ1) is 18.3. The molecule has 0 aromatic heterocycles. The van der Waals surface area contributed by atoms with E-state index in [2.05, 4.69) is 26.1 Å². The zero-order valence-electron chi connectivity index (χ0n) is 15.5. The minimum Gasteiger partial charge on any atom is -0.423 e. The molecule has 5 nitrogen and oxygen atoms in total. The Labute approximate surface area is 144 Å². The molecule has 0 radical (unpaired) electrons. The third-order valence-corrected chi connectivity index (χ3v) is 3.78. The number of benzene rings is 1. The lowest BCUT2D eigenvalue weighted by atomic mass is 9.82. The van der Waals surface area contributed by atoms with E-state index in [0.717, 1.165) is 17.7 Å². The van der Waals surface area contributed by atoms with Gasteiger partial charge in [0.25, 0.3) is 0 Å². The lowest BCUT2D eigenvalue weighted by Crippen LogP contribution is -2.50. The number of esters is 1. The molecule has 1 N–H and O–H groups in total. The van der Waals surface area contributed by atoms with Gasteiger partial charge in [0.05, 0.1) is 12.2 Å². The highest BCUT2D eigenvalue weighted by atomic mass is 16.5. The molecule has 0 spiro atoms.